The van der Waals surface area contributed by atoms with Crippen molar-refractivity contribution in [3.63, 3.8) is 0 Å². The Balaban J connectivity index is 1.32. The molecular formula is C31H48O4. The van der Waals surface area contributed by atoms with Crippen molar-refractivity contribution in [1.29, 1.82) is 0 Å². The van der Waals surface area contributed by atoms with Crippen LogP contribution < -0.4 is 0 Å². The van der Waals surface area contributed by atoms with E-state index in [-0.39, 0.29) is 23.6 Å². The molecule has 35 heavy (non-hydrogen) atoms. The fourth-order valence-electron chi connectivity index (χ4n) is 8.08. The summed E-state index contributed by atoms with van der Waals surface area (Å²) in [6.45, 7) is 7.52. The van der Waals surface area contributed by atoms with Crippen molar-refractivity contribution >= 4 is 5.97 Å². The molecule has 3 saturated carbocycles. The molecule has 3 fully saturated rings. The van der Waals surface area contributed by atoms with Gasteiger partial charge in [0.1, 0.15) is 6.61 Å². The molecule has 3 aliphatic rings. The van der Waals surface area contributed by atoms with Gasteiger partial charge in [-0.3, -0.25) is 4.79 Å². The number of carbonyl (C=O) groups excluding carboxylic acids is 1. The van der Waals surface area contributed by atoms with Crippen LogP contribution in [0.2, 0.25) is 0 Å². The van der Waals surface area contributed by atoms with E-state index in [1.165, 1.54) is 25.7 Å². The highest BCUT2D eigenvalue weighted by Gasteiger charge is 2.54. The Labute approximate surface area is 212 Å². The van der Waals surface area contributed by atoms with Gasteiger partial charge in [-0.25, -0.2) is 0 Å². The number of rotatable bonds is 6. The molecule has 0 spiro atoms. The third-order valence-electron chi connectivity index (χ3n) is 10.4. The van der Waals surface area contributed by atoms with Crippen molar-refractivity contribution in [3.8, 4) is 0 Å². The van der Waals surface area contributed by atoms with Crippen LogP contribution in [-0.2, 0) is 16.1 Å². The molecule has 3 aliphatic carbocycles. The standard InChI is InChI=1S/C31H48O4/c1-21(13-15-29(34)35-20-23-8-5-4-6-9-23)24-10-7-11-27-30(22(2)12-14-24)28(33)19-25-18-26(32)16-17-31(25,27)3/h4-6,8-9,21-22,24-28,30,32-33H,7,10-20H2,1-3H3/t21-,22?,24?,25+,26-,27?,28?,30?,31+/m1/s1. The van der Waals surface area contributed by atoms with E-state index in [9.17, 15) is 15.0 Å². The fraction of sp³-hybridized carbons (Fsp3) is 0.774. The Morgan fingerprint density at radius 3 is 2.63 bits per heavy atom. The first kappa shape index (κ1) is 26.7. The number of fused-ring (bicyclic) bond motifs is 3. The van der Waals surface area contributed by atoms with Crippen molar-refractivity contribution in [2.75, 3.05) is 0 Å². The second-order valence-corrected chi connectivity index (χ2v) is 12.5. The number of aliphatic hydroxyl groups excluding tert-OH is 2. The largest absolute Gasteiger partial charge is 0.461 e. The topological polar surface area (TPSA) is 66.8 Å². The molecule has 4 nitrogen and oxygen atoms in total. The molecule has 0 heterocycles. The second-order valence-electron chi connectivity index (χ2n) is 12.5. The van der Waals surface area contributed by atoms with Crippen molar-refractivity contribution in [3.05, 3.63) is 35.9 Å². The van der Waals surface area contributed by atoms with Gasteiger partial charge in [0.2, 0.25) is 0 Å². The number of esters is 1. The number of hydrogen-bond acceptors (Lipinski definition) is 4. The van der Waals surface area contributed by atoms with Gasteiger partial charge < -0.3 is 14.9 Å². The predicted octanol–water partition coefficient (Wildman–Crippen LogP) is 6.53. The minimum absolute atomic E-state index is 0.0928. The Morgan fingerprint density at radius 2 is 1.86 bits per heavy atom. The summed E-state index contributed by atoms with van der Waals surface area (Å²) in [5.74, 6) is 2.95. The lowest BCUT2D eigenvalue weighted by atomic mass is 9.49. The fourth-order valence-corrected chi connectivity index (χ4v) is 8.08. The number of aliphatic hydroxyl groups is 2. The van der Waals surface area contributed by atoms with Gasteiger partial charge in [-0.2, -0.15) is 0 Å². The lowest BCUT2D eigenvalue weighted by molar-refractivity contribution is -0.145. The smallest absolute Gasteiger partial charge is 0.306 e. The second kappa shape index (κ2) is 11.8. The molecule has 0 bridgehead atoms. The zero-order valence-corrected chi connectivity index (χ0v) is 22.2. The molecule has 1 aromatic rings. The predicted molar refractivity (Wildman–Crippen MR) is 139 cm³/mol. The lowest BCUT2D eigenvalue weighted by Gasteiger charge is -2.57. The monoisotopic (exact) mass is 484 g/mol. The van der Waals surface area contributed by atoms with Crippen LogP contribution in [0.4, 0.5) is 0 Å². The Morgan fingerprint density at radius 1 is 1.09 bits per heavy atom. The summed E-state index contributed by atoms with van der Waals surface area (Å²) >= 11 is 0. The average Bonchev–Trinajstić information content (AvgIpc) is 2.93. The van der Waals surface area contributed by atoms with Crippen molar-refractivity contribution in [2.24, 2.45) is 40.9 Å². The summed E-state index contributed by atoms with van der Waals surface area (Å²) in [5.41, 5.74) is 1.29. The van der Waals surface area contributed by atoms with E-state index in [1.807, 2.05) is 30.3 Å². The molecule has 2 N–H and O–H groups in total. The van der Waals surface area contributed by atoms with Crippen molar-refractivity contribution < 1.29 is 19.7 Å². The molecule has 5 unspecified atom stereocenters. The number of hydrogen-bond donors (Lipinski definition) is 2. The highest BCUT2D eigenvalue weighted by Crippen LogP contribution is 2.59. The van der Waals surface area contributed by atoms with E-state index in [0.29, 0.717) is 48.5 Å². The van der Waals surface area contributed by atoms with Gasteiger partial charge in [-0.15, -0.1) is 0 Å². The van der Waals surface area contributed by atoms with Gasteiger partial charge in [0.05, 0.1) is 12.2 Å². The van der Waals surface area contributed by atoms with E-state index in [1.54, 1.807) is 0 Å². The van der Waals surface area contributed by atoms with Crippen LogP contribution in [0.3, 0.4) is 0 Å². The lowest BCUT2D eigenvalue weighted by Crippen LogP contribution is -2.54. The molecule has 0 radical (unpaired) electrons. The van der Waals surface area contributed by atoms with Crippen LogP contribution in [0, 0.1) is 40.9 Å². The van der Waals surface area contributed by atoms with Gasteiger partial charge in [0, 0.05) is 6.42 Å². The number of ether oxygens (including phenoxy) is 1. The highest BCUT2D eigenvalue weighted by molar-refractivity contribution is 5.69. The molecule has 0 saturated heterocycles. The molecule has 4 rings (SSSR count). The van der Waals surface area contributed by atoms with Crippen LogP contribution in [0.5, 0.6) is 0 Å². The first-order valence-corrected chi connectivity index (χ1v) is 14.3. The Kier molecular flexibility index (Phi) is 8.97. The maximum Gasteiger partial charge on any atom is 0.306 e. The number of benzene rings is 1. The minimum Gasteiger partial charge on any atom is -0.461 e. The third-order valence-corrected chi connectivity index (χ3v) is 10.4. The van der Waals surface area contributed by atoms with Gasteiger partial charge in [0.15, 0.2) is 0 Å². The molecule has 0 amide bonds. The minimum atomic E-state index is -0.230. The van der Waals surface area contributed by atoms with Crippen LogP contribution >= 0.6 is 0 Å². The van der Waals surface area contributed by atoms with E-state index in [2.05, 4.69) is 20.8 Å². The molecule has 9 atom stereocenters. The summed E-state index contributed by atoms with van der Waals surface area (Å²) in [7, 11) is 0. The summed E-state index contributed by atoms with van der Waals surface area (Å²) in [6, 6.07) is 9.88. The first-order valence-electron chi connectivity index (χ1n) is 14.3. The molecule has 4 heteroatoms. The maximum atomic E-state index is 12.4. The van der Waals surface area contributed by atoms with Crippen LogP contribution in [0.25, 0.3) is 0 Å². The highest BCUT2D eigenvalue weighted by atomic mass is 16.5. The van der Waals surface area contributed by atoms with E-state index in [4.69, 9.17) is 4.74 Å². The summed E-state index contributed by atoms with van der Waals surface area (Å²) in [4.78, 5) is 12.4. The van der Waals surface area contributed by atoms with E-state index in [0.717, 1.165) is 44.1 Å². The summed E-state index contributed by atoms with van der Waals surface area (Å²) < 4.78 is 5.51. The maximum absolute atomic E-state index is 12.4. The summed E-state index contributed by atoms with van der Waals surface area (Å²) in [6.07, 6.45) is 10.7. The molecule has 1 aromatic carbocycles. The van der Waals surface area contributed by atoms with E-state index >= 15 is 0 Å². The zero-order valence-electron chi connectivity index (χ0n) is 22.2. The average molecular weight is 485 g/mol. The van der Waals surface area contributed by atoms with Crippen LogP contribution in [0.15, 0.2) is 30.3 Å². The molecule has 0 aliphatic heterocycles. The van der Waals surface area contributed by atoms with Crippen molar-refractivity contribution in [2.45, 2.75) is 110 Å². The SMILES string of the molecule is CC1CCC([C@H](C)CCC(=O)OCc2ccccc2)CCCC2C1C(O)C[C@@H]1C[C@H](O)CC[C@]21C. The van der Waals surface area contributed by atoms with Gasteiger partial charge in [-0.05, 0) is 91.4 Å². The Bertz CT molecular complexity index is 809. The van der Waals surface area contributed by atoms with Gasteiger partial charge in [0.25, 0.3) is 0 Å². The van der Waals surface area contributed by atoms with Crippen LogP contribution in [-0.4, -0.2) is 28.4 Å². The van der Waals surface area contributed by atoms with Crippen LogP contribution in [0.1, 0.15) is 97.0 Å². The molecule has 196 valence electrons. The quantitative estimate of drug-likeness (QED) is 0.451. The first-order chi connectivity index (χ1) is 16.8. The number of carbonyl (C=O) groups is 1. The van der Waals surface area contributed by atoms with Gasteiger partial charge >= 0.3 is 5.97 Å². The normalized spacial score (nSPS) is 38.7. The van der Waals surface area contributed by atoms with E-state index < -0.39 is 0 Å². The third kappa shape index (κ3) is 6.31. The summed E-state index contributed by atoms with van der Waals surface area (Å²) in [5, 5.41) is 21.5. The zero-order chi connectivity index (χ0) is 25.0. The van der Waals surface area contributed by atoms with Gasteiger partial charge in [-0.1, -0.05) is 70.4 Å². The molecule has 0 aromatic heterocycles. The van der Waals surface area contributed by atoms with Crippen molar-refractivity contribution in [1.82, 2.24) is 0 Å². The molecular weight excluding hydrogens is 436 g/mol. The Hall–Kier alpha value is -1.39.